The van der Waals surface area contributed by atoms with Crippen LogP contribution in [0.25, 0.3) is 0 Å². The van der Waals surface area contributed by atoms with Crippen LogP contribution in [-0.4, -0.2) is 0 Å². The summed E-state index contributed by atoms with van der Waals surface area (Å²) in [5.41, 5.74) is 0. The number of rotatable bonds is 0. The van der Waals surface area contributed by atoms with Crippen LogP contribution < -0.4 is 257 Å². The van der Waals surface area contributed by atoms with E-state index in [9.17, 15) is 0 Å². The predicted molar refractivity (Wildman–Crippen MR) is 8.76 cm³/mol. The van der Waals surface area contributed by atoms with Crippen molar-refractivity contribution in [2.75, 3.05) is 0 Å². The zero-order valence-corrected chi connectivity index (χ0v) is 22.0. The molecule has 0 rings (SSSR count). The Bertz CT molecular complexity index is 3.90. The second kappa shape index (κ2) is 29.2. The average molecular weight is 229 g/mol. The number of thiol groups is 1. The number of hydrogen-bond donors (Lipinski definition) is 0. The molecule has 0 aliphatic carbocycles. The Morgan fingerprint density at radius 1 is 0.333 bits per heavy atom. The third kappa shape index (κ3) is 22.9. The maximum Gasteiger partial charge on any atom is 1.00 e. The summed E-state index contributed by atoms with van der Waals surface area (Å²) in [5.74, 6) is 0. The summed E-state index contributed by atoms with van der Waals surface area (Å²) in [7, 11) is 0. The molecule has 0 unspecified atom stereocenters. The van der Waals surface area contributed by atoms with E-state index in [0.29, 0.717) is 0 Å². The van der Waals surface area contributed by atoms with Crippen molar-refractivity contribution >= 4 is 13.5 Å². The molecule has 0 aliphatic rings. The molecular weight excluding hydrogens is 228 g/mol. The van der Waals surface area contributed by atoms with Gasteiger partial charge in [-0.25, -0.2) is 0 Å². The molecule has 0 N–H and O–H groups in total. The van der Waals surface area contributed by atoms with E-state index in [1.54, 1.807) is 0 Å². The van der Waals surface area contributed by atoms with E-state index in [1.165, 1.54) is 0 Å². The monoisotopic (exact) mass is 228 g/mol. The molecule has 6 heavy (non-hydrogen) atoms. The van der Waals surface area contributed by atoms with Gasteiger partial charge < -0.3 is 13.5 Å². The molecule has 0 aromatic carbocycles. The summed E-state index contributed by atoms with van der Waals surface area (Å²) in [6, 6.07) is 0. The SMILES string of the molecule is [K+].[K+].[K+].[K+].[K+].[SH-]. The summed E-state index contributed by atoms with van der Waals surface area (Å²) in [6.45, 7) is 0. The normalized spacial score (nSPS) is 0. The minimum absolute atomic E-state index is 0. The smallest absolute Gasteiger partial charge is 0.813 e. The molecule has 0 atom stereocenters. The standard InChI is InChI=1S/5K.H2S/h;;;;;1H2/q5*+1;/p-1. The molecule has 0 bridgehead atoms. The fourth-order valence-corrected chi connectivity index (χ4v) is 0. The van der Waals surface area contributed by atoms with Gasteiger partial charge in [0.05, 0.1) is 0 Å². The van der Waals surface area contributed by atoms with Crippen molar-refractivity contribution in [3.63, 3.8) is 0 Å². The Kier molecular flexibility index (Phi) is 178. The van der Waals surface area contributed by atoms with Gasteiger partial charge in [-0.1, -0.05) is 0 Å². The first-order valence-corrected chi connectivity index (χ1v) is 0. The average Bonchev–Trinajstić information content (AvgIpc) is 0. The molecule has 0 aromatic heterocycles. The van der Waals surface area contributed by atoms with E-state index >= 15 is 0 Å². The molecule has 0 aromatic rings. The van der Waals surface area contributed by atoms with E-state index in [0.717, 1.165) is 0 Å². The molecule has 0 amide bonds. The third-order valence-electron chi connectivity index (χ3n) is 0. The summed E-state index contributed by atoms with van der Waals surface area (Å²) in [5, 5.41) is 0. The van der Waals surface area contributed by atoms with Crippen LogP contribution in [0.3, 0.4) is 0 Å². The van der Waals surface area contributed by atoms with Crippen molar-refractivity contribution in [2.45, 2.75) is 0 Å². The van der Waals surface area contributed by atoms with Crippen molar-refractivity contribution in [1.82, 2.24) is 0 Å². The molecule has 0 heterocycles. The summed E-state index contributed by atoms with van der Waals surface area (Å²) in [4.78, 5) is 0. The van der Waals surface area contributed by atoms with E-state index < -0.39 is 0 Å². The fourth-order valence-electron chi connectivity index (χ4n) is 0. The number of hydrogen-bond acceptors (Lipinski definition) is 1. The summed E-state index contributed by atoms with van der Waals surface area (Å²) < 4.78 is 0. The van der Waals surface area contributed by atoms with Gasteiger partial charge in [-0.3, -0.25) is 0 Å². The predicted octanol–water partition coefficient (Wildman–Crippen LogP) is -15.3. The first-order chi connectivity index (χ1) is 0. The van der Waals surface area contributed by atoms with Crippen LogP contribution in [0.1, 0.15) is 0 Å². The van der Waals surface area contributed by atoms with E-state index in [1.807, 2.05) is 0 Å². The minimum atomic E-state index is 0. The molecular formula is HK5S+4. The molecule has 0 nitrogen and oxygen atoms in total. The van der Waals surface area contributed by atoms with Crippen molar-refractivity contribution in [1.29, 1.82) is 0 Å². The van der Waals surface area contributed by atoms with Gasteiger partial charge in [0, 0.05) is 0 Å². The second-order valence-electron chi connectivity index (χ2n) is 0. The molecule has 6 heteroatoms. The first kappa shape index (κ1) is 36.6. The Hall–Kier alpha value is 8.53. The van der Waals surface area contributed by atoms with E-state index in [-0.39, 0.29) is 270 Å². The Labute approximate surface area is 259 Å². The van der Waals surface area contributed by atoms with Gasteiger partial charge in [-0.15, -0.1) is 0 Å². The van der Waals surface area contributed by atoms with Crippen LogP contribution in [0, 0.1) is 0 Å². The maximum atomic E-state index is 0. The van der Waals surface area contributed by atoms with Gasteiger partial charge in [-0.2, -0.15) is 0 Å². The van der Waals surface area contributed by atoms with Crippen LogP contribution >= 0.6 is 0 Å². The van der Waals surface area contributed by atoms with Gasteiger partial charge in [0.2, 0.25) is 0 Å². The van der Waals surface area contributed by atoms with Gasteiger partial charge in [0.1, 0.15) is 0 Å². The molecule has 8 valence electrons. The van der Waals surface area contributed by atoms with Crippen molar-refractivity contribution in [3.8, 4) is 0 Å². The zero-order chi connectivity index (χ0) is 0. The molecule has 0 spiro atoms. The molecule has 0 aliphatic heterocycles. The Morgan fingerprint density at radius 2 is 0.333 bits per heavy atom. The van der Waals surface area contributed by atoms with Crippen LogP contribution in [0.4, 0.5) is 0 Å². The third-order valence-corrected chi connectivity index (χ3v) is 0. The van der Waals surface area contributed by atoms with Crippen molar-refractivity contribution < 1.29 is 257 Å². The maximum absolute atomic E-state index is 0. The van der Waals surface area contributed by atoms with E-state index in [4.69, 9.17) is 0 Å². The quantitative estimate of drug-likeness (QED) is 0.225. The van der Waals surface area contributed by atoms with Crippen LogP contribution in [0.15, 0.2) is 0 Å². The second-order valence-corrected chi connectivity index (χ2v) is 0. The minimum Gasteiger partial charge on any atom is -0.813 e. The Balaban J connectivity index is 0. The van der Waals surface area contributed by atoms with Crippen LogP contribution in [0.2, 0.25) is 0 Å². The zero-order valence-electron chi connectivity index (χ0n) is 5.45. The summed E-state index contributed by atoms with van der Waals surface area (Å²) >= 11 is 0. The van der Waals surface area contributed by atoms with Gasteiger partial charge in [0.25, 0.3) is 0 Å². The topological polar surface area (TPSA) is 0 Å². The van der Waals surface area contributed by atoms with E-state index in [2.05, 4.69) is 0 Å². The van der Waals surface area contributed by atoms with Gasteiger partial charge in [0.15, 0.2) is 0 Å². The molecule has 0 radical (unpaired) electrons. The fraction of sp³-hybridized carbons (Fsp3) is 0. The first-order valence-electron chi connectivity index (χ1n) is 0. The molecule has 0 saturated carbocycles. The van der Waals surface area contributed by atoms with Gasteiger partial charge >= 0.3 is 257 Å². The van der Waals surface area contributed by atoms with Gasteiger partial charge in [-0.05, 0) is 0 Å². The largest absolute Gasteiger partial charge is 1.00 e. The van der Waals surface area contributed by atoms with Crippen molar-refractivity contribution in [2.24, 2.45) is 0 Å². The molecule has 0 saturated heterocycles. The van der Waals surface area contributed by atoms with Crippen molar-refractivity contribution in [3.05, 3.63) is 0 Å². The van der Waals surface area contributed by atoms with Crippen LogP contribution in [0.5, 0.6) is 0 Å². The Morgan fingerprint density at radius 3 is 0.333 bits per heavy atom. The summed E-state index contributed by atoms with van der Waals surface area (Å²) in [6.07, 6.45) is 0. The van der Waals surface area contributed by atoms with Crippen LogP contribution in [-0.2, 0) is 13.5 Å². The molecule has 0 fully saturated rings.